The molecule has 0 aliphatic carbocycles. The van der Waals surface area contributed by atoms with Gasteiger partial charge in [-0.05, 0) is 12.5 Å². The SMILES string of the molecule is CN1CCC(NC(=O)c2cc(N)c(F)cc2F)C1=O. The fraction of sp³-hybridized carbons (Fsp3) is 0.333. The van der Waals surface area contributed by atoms with E-state index in [1.165, 1.54) is 4.90 Å². The van der Waals surface area contributed by atoms with Crippen LogP contribution in [0.15, 0.2) is 12.1 Å². The molecular formula is C12H13F2N3O2. The molecule has 2 amide bonds. The third-order valence-corrected chi connectivity index (χ3v) is 3.06. The average Bonchev–Trinajstić information content (AvgIpc) is 2.65. The first-order valence-corrected chi connectivity index (χ1v) is 5.70. The number of likely N-dealkylation sites (N-methyl/N-ethyl adjacent to an activating group) is 1. The monoisotopic (exact) mass is 269 g/mol. The highest BCUT2D eigenvalue weighted by molar-refractivity contribution is 5.98. The molecule has 0 aromatic heterocycles. The first kappa shape index (κ1) is 13.3. The number of hydrogen-bond acceptors (Lipinski definition) is 3. The van der Waals surface area contributed by atoms with Crippen LogP contribution in [0.5, 0.6) is 0 Å². The van der Waals surface area contributed by atoms with Crippen LogP contribution in [0.3, 0.4) is 0 Å². The Balaban J connectivity index is 2.17. The number of rotatable bonds is 2. The van der Waals surface area contributed by atoms with Gasteiger partial charge in [-0.25, -0.2) is 8.78 Å². The zero-order valence-electron chi connectivity index (χ0n) is 10.2. The molecule has 0 saturated carbocycles. The molecule has 102 valence electrons. The third-order valence-electron chi connectivity index (χ3n) is 3.06. The van der Waals surface area contributed by atoms with Gasteiger partial charge in [-0.2, -0.15) is 0 Å². The van der Waals surface area contributed by atoms with E-state index < -0.39 is 23.6 Å². The van der Waals surface area contributed by atoms with E-state index in [0.29, 0.717) is 19.0 Å². The van der Waals surface area contributed by atoms with E-state index in [1.54, 1.807) is 7.05 Å². The molecule has 0 bridgehead atoms. The number of halogens is 2. The van der Waals surface area contributed by atoms with Crippen LogP contribution in [0.2, 0.25) is 0 Å². The lowest BCUT2D eigenvalue weighted by Crippen LogP contribution is -2.40. The van der Waals surface area contributed by atoms with Crippen molar-refractivity contribution in [2.24, 2.45) is 0 Å². The lowest BCUT2D eigenvalue weighted by Gasteiger charge is -2.13. The Kier molecular flexibility index (Phi) is 3.37. The van der Waals surface area contributed by atoms with E-state index in [4.69, 9.17) is 5.73 Å². The van der Waals surface area contributed by atoms with E-state index in [0.717, 1.165) is 6.07 Å². The molecule has 2 rings (SSSR count). The summed E-state index contributed by atoms with van der Waals surface area (Å²) in [5.74, 6) is -2.95. The fourth-order valence-corrected chi connectivity index (χ4v) is 1.93. The molecule has 1 saturated heterocycles. The summed E-state index contributed by atoms with van der Waals surface area (Å²) in [6, 6.07) is 0.791. The molecule has 0 spiro atoms. The van der Waals surface area contributed by atoms with Crippen LogP contribution in [0.4, 0.5) is 14.5 Å². The van der Waals surface area contributed by atoms with E-state index in [9.17, 15) is 18.4 Å². The Morgan fingerprint density at radius 1 is 1.42 bits per heavy atom. The number of nitrogens with two attached hydrogens (primary N) is 1. The maximum atomic E-state index is 13.5. The van der Waals surface area contributed by atoms with Crippen LogP contribution < -0.4 is 11.1 Å². The van der Waals surface area contributed by atoms with Gasteiger partial charge in [0.1, 0.15) is 17.7 Å². The summed E-state index contributed by atoms with van der Waals surface area (Å²) < 4.78 is 26.5. The fourth-order valence-electron chi connectivity index (χ4n) is 1.93. The smallest absolute Gasteiger partial charge is 0.254 e. The van der Waals surface area contributed by atoms with Gasteiger partial charge in [0.15, 0.2) is 0 Å². The molecule has 1 aromatic rings. The topological polar surface area (TPSA) is 75.4 Å². The summed E-state index contributed by atoms with van der Waals surface area (Å²) in [6.07, 6.45) is 0.458. The van der Waals surface area contributed by atoms with Crippen LogP contribution in [0.25, 0.3) is 0 Å². The van der Waals surface area contributed by atoms with Crippen molar-refractivity contribution in [3.05, 3.63) is 29.3 Å². The van der Waals surface area contributed by atoms with Gasteiger partial charge >= 0.3 is 0 Å². The van der Waals surface area contributed by atoms with Crippen LogP contribution in [-0.2, 0) is 4.79 Å². The number of carbonyl (C=O) groups is 2. The third kappa shape index (κ3) is 2.49. The lowest BCUT2D eigenvalue weighted by atomic mass is 10.1. The number of benzene rings is 1. The van der Waals surface area contributed by atoms with E-state index in [-0.39, 0.29) is 17.2 Å². The van der Waals surface area contributed by atoms with E-state index in [1.807, 2.05) is 0 Å². The van der Waals surface area contributed by atoms with Gasteiger partial charge in [-0.1, -0.05) is 0 Å². The number of carbonyl (C=O) groups excluding carboxylic acids is 2. The van der Waals surface area contributed by atoms with Gasteiger partial charge in [0.05, 0.1) is 11.3 Å². The van der Waals surface area contributed by atoms with Gasteiger partial charge in [0.25, 0.3) is 5.91 Å². The van der Waals surface area contributed by atoms with Crippen LogP contribution in [0, 0.1) is 11.6 Å². The highest BCUT2D eigenvalue weighted by Gasteiger charge is 2.31. The quantitative estimate of drug-likeness (QED) is 0.768. The number of amides is 2. The van der Waals surface area contributed by atoms with Crippen molar-refractivity contribution in [3.8, 4) is 0 Å². The number of likely N-dealkylation sites (tertiary alicyclic amines) is 1. The molecule has 1 aliphatic heterocycles. The maximum Gasteiger partial charge on any atom is 0.254 e. The predicted octanol–water partition coefficient (Wildman–Crippen LogP) is 0.507. The number of nitrogen functional groups attached to an aromatic ring is 1. The molecule has 19 heavy (non-hydrogen) atoms. The number of hydrogen-bond donors (Lipinski definition) is 2. The van der Waals surface area contributed by atoms with Crippen LogP contribution in [-0.4, -0.2) is 36.3 Å². The normalized spacial score (nSPS) is 18.8. The summed E-state index contributed by atoms with van der Waals surface area (Å²) >= 11 is 0. The van der Waals surface area contributed by atoms with E-state index in [2.05, 4.69) is 5.32 Å². The second-order valence-electron chi connectivity index (χ2n) is 4.43. The van der Waals surface area contributed by atoms with Crippen molar-refractivity contribution in [2.75, 3.05) is 19.3 Å². The summed E-state index contributed by atoms with van der Waals surface area (Å²) in [4.78, 5) is 24.9. The minimum absolute atomic E-state index is 0.233. The minimum Gasteiger partial charge on any atom is -0.396 e. The largest absolute Gasteiger partial charge is 0.396 e. The number of nitrogens with zero attached hydrogens (tertiary/aromatic N) is 1. The minimum atomic E-state index is -1.01. The lowest BCUT2D eigenvalue weighted by molar-refractivity contribution is -0.128. The van der Waals surface area contributed by atoms with Crippen molar-refractivity contribution in [1.29, 1.82) is 0 Å². The first-order valence-electron chi connectivity index (χ1n) is 5.70. The molecule has 7 heteroatoms. The summed E-state index contributed by atoms with van der Waals surface area (Å²) in [5.41, 5.74) is 4.60. The van der Waals surface area contributed by atoms with Gasteiger partial charge < -0.3 is 16.0 Å². The van der Waals surface area contributed by atoms with Crippen molar-refractivity contribution in [2.45, 2.75) is 12.5 Å². The first-order chi connectivity index (χ1) is 8.90. The summed E-state index contributed by atoms with van der Waals surface area (Å²) in [7, 11) is 1.62. The van der Waals surface area contributed by atoms with Crippen molar-refractivity contribution in [3.63, 3.8) is 0 Å². The molecule has 1 fully saturated rings. The van der Waals surface area contributed by atoms with Crippen molar-refractivity contribution in [1.82, 2.24) is 10.2 Å². The summed E-state index contributed by atoms with van der Waals surface area (Å²) in [5, 5.41) is 2.41. The van der Waals surface area contributed by atoms with Gasteiger partial charge in [-0.15, -0.1) is 0 Å². The molecule has 5 nitrogen and oxygen atoms in total. The van der Waals surface area contributed by atoms with Gasteiger partial charge in [0, 0.05) is 19.7 Å². The molecule has 1 heterocycles. The molecule has 1 aromatic carbocycles. The van der Waals surface area contributed by atoms with E-state index >= 15 is 0 Å². The second-order valence-corrected chi connectivity index (χ2v) is 4.43. The Labute approximate surface area is 108 Å². The molecule has 0 radical (unpaired) electrons. The van der Waals surface area contributed by atoms with Crippen LogP contribution in [0.1, 0.15) is 16.8 Å². The Morgan fingerprint density at radius 2 is 2.11 bits per heavy atom. The highest BCUT2D eigenvalue weighted by atomic mass is 19.1. The van der Waals surface area contributed by atoms with Gasteiger partial charge in [-0.3, -0.25) is 9.59 Å². The number of nitrogens with one attached hydrogen (secondary N) is 1. The predicted molar refractivity (Wildman–Crippen MR) is 64.3 cm³/mol. The highest BCUT2D eigenvalue weighted by Crippen LogP contribution is 2.17. The Morgan fingerprint density at radius 3 is 2.68 bits per heavy atom. The van der Waals surface area contributed by atoms with Crippen LogP contribution >= 0.6 is 0 Å². The van der Waals surface area contributed by atoms with Crippen molar-refractivity contribution >= 4 is 17.5 Å². The molecule has 3 N–H and O–H groups in total. The molecule has 1 aliphatic rings. The maximum absolute atomic E-state index is 13.5. The van der Waals surface area contributed by atoms with Gasteiger partial charge in [0.2, 0.25) is 5.91 Å². The molecule has 1 atom stereocenters. The Hall–Kier alpha value is -2.18. The standard InChI is InChI=1S/C12H13F2N3O2/c1-17-3-2-10(12(17)19)16-11(18)6-4-9(15)8(14)5-7(6)13/h4-5,10H,2-3,15H2,1H3,(H,16,18). The second kappa shape index (κ2) is 4.83. The van der Waals surface area contributed by atoms with Crippen molar-refractivity contribution < 1.29 is 18.4 Å². The Bertz CT molecular complexity index is 548. The molecular weight excluding hydrogens is 256 g/mol. The zero-order chi connectivity index (χ0) is 14.2. The average molecular weight is 269 g/mol. The number of anilines is 1. The molecule has 1 unspecified atom stereocenters. The summed E-state index contributed by atoms with van der Waals surface area (Å²) in [6.45, 7) is 0.526. The zero-order valence-corrected chi connectivity index (χ0v) is 10.2.